The lowest BCUT2D eigenvalue weighted by atomic mass is 9.92. The number of pyridine rings is 1. The smallest absolute Gasteiger partial charge is 0.423 e. The predicted octanol–water partition coefficient (Wildman–Crippen LogP) is 2.25. The molecule has 1 aliphatic rings. The fourth-order valence-corrected chi connectivity index (χ4v) is 1.95. The van der Waals surface area contributed by atoms with Crippen LogP contribution in [0, 0.1) is 11.8 Å². The van der Waals surface area contributed by atoms with Crippen molar-refractivity contribution >= 4 is 0 Å². The molecule has 126 valence electrons. The number of rotatable bonds is 7. The highest BCUT2D eigenvalue weighted by Gasteiger charge is 2.30. The van der Waals surface area contributed by atoms with Gasteiger partial charge in [-0.15, -0.1) is 0 Å². The number of hydrogen-bond acceptors (Lipinski definition) is 5. The fraction of sp³-hybridized carbons (Fsp3) is 0.562. The molecule has 0 N–H and O–H groups in total. The van der Waals surface area contributed by atoms with E-state index in [9.17, 15) is 8.78 Å². The minimum atomic E-state index is -3.53. The van der Waals surface area contributed by atoms with Crippen LogP contribution in [0.25, 0.3) is 0 Å². The first-order valence-electron chi connectivity index (χ1n) is 7.22. The molecule has 1 heterocycles. The Morgan fingerprint density at radius 3 is 2.61 bits per heavy atom. The number of hydrogen-bond donors (Lipinski definition) is 0. The average molecular weight is 327 g/mol. The van der Waals surface area contributed by atoms with Gasteiger partial charge in [-0.3, -0.25) is 0 Å². The zero-order chi connectivity index (χ0) is 16.7. The number of methoxy groups -OCH3 is 2. The van der Waals surface area contributed by atoms with E-state index >= 15 is 0 Å². The van der Waals surface area contributed by atoms with Crippen LogP contribution >= 0.6 is 0 Å². The van der Waals surface area contributed by atoms with Crippen molar-refractivity contribution in [3.63, 3.8) is 0 Å². The van der Waals surface area contributed by atoms with Gasteiger partial charge >= 0.3 is 6.11 Å². The van der Waals surface area contributed by atoms with Crippen molar-refractivity contribution in [2.45, 2.75) is 31.2 Å². The quantitative estimate of drug-likeness (QED) is 0.568. The van der Waals surface area contributed by atoms with Crippen LogP contribution in [0.4, 0.5) is 8.78 Å². The highest BCUT2D eigenvalue weighted by Crippen LogP contribution is 2.27. The molecule has 5 nitrogen and oxygen atoms in total. The first-order chi connectivity index (χ1) is 11.0. The lowest BCUT2D eigenvalue weighted by Gasteiger charge is -2.33. The van der Waals surface area contributed by atoms with Crippen molar-refractivity contribution < 1.29 is 27.7 Å². The summed E-state index contributed by atoms with van der Waals surface area (Å²) in [7, 11) is 3.07. The Balaban J connectivity index is 1.84. The summed E-state index contributed by atoms with van der Waals surface area (Å²) < 4.78 is 46.4. The first-order valence-corrected chi connectivity index (χ1v) is 7.22. The molecule has 0 atom stereocenters. The van der Waals surface area contributed by atoms with Gasteiger partial charge in [-0.05, 0) is 18.1 Å². The van der Waals surface area contributed by atoms with E-state index in [0.29, 0.717) is 5.75 Å². The molecule has 0 amide bonds. The standard InChI is InChI=1S/C16H19F2NO4/c1-20-7-8-22-16(17,18)6-5-12-3-4-13(11-19-12)23-15-9-14(10-15)21-2/h3-4,11,14-15H,7-10H2,1-2H3. The Hall–Kier alpha value is -1.75. The fourth-order valence-electron chi connectivity index (χ4n) is 1.95. The van der Waals surface area contributed by atoms with Crippen LogP contribution in [-0.2, 0) is 14.2 Å². The lowest BCUT2D eigenvalue weighted by molar-refractivity contribution is -0.197. The minimum absolute atomic E-state index is 0.0760. The van der Waals surface area contributed by atoms with Gasteiger partial charge in [0.15, 0.2) is 0 Å². The van der Waals surface area contributed by atoms with Gasteiger partial charge in [-0.2, -0.15) is 8.78 Å². The summed E-state index contributed by atoms with van der Waals surface area (Å²) >= 11 is 0. The summed E-state index contributed by atoms with van der Waals surface area (Å²) in [6, 6.07) is 3.18. The molecule has 1 saturated carbocycles. The van der Waals surface area contributed by atoms with E-state index < -0.39 is 6.11 Å². The monoisotopic (exact) mass is 327 g/mol. The highest BCUT2D eigenvalue weighted by molar-refractivity contribution is 5.32. The normalized spacial score (nSPS) is 20.3. The van der Waals surface area contributed by atoms with Crippen LogP contribution in [-0.4, -0.2) is 50.7 Å². The molecule has 0 unspecified atom stereocenters. The third kappa shape index (κ3) is 5.75. The summed E-state index contributed by atoms with van der Waals surface area (Å²) in [5, 5.41) is 0. The average Bonchev–Trinajstić information content (AvgIpc) is 2.50. The third-order valence-electron chi connectivity index (χ3n) is 3.33. The van der Waals surface area contributed by atoms with Crippen LogP contribution in [0.2, 0.25) is 0 Å². The van der Waals surface area contributed by atoms with Crippen molar-refractivity contribution in [2.75, 3.05) is 27.4 Å². The van der Waals surface area contributed by atoms with Crippen molar-refractivity contribution in [3.05, 3.63) is 24.0 Å². The molecule has 1 aromatic rings. The Morgan fingerprint density at radius 1 is 1.22 bits per heavy atom. The zero-order valence-corrected chi connectivity index (χ0v) is 13.1. The Labute approximate surface area is 133 Å². The van der Waals surface area contributed by atoms with Crippen LogP contribution < -0.4 is 4.74 Å². The molecule has 7 heteroatoms. The van der Waals surface area contributed by atoms with Gasteiger partial charge in [0.1, 0.15) is 17.5 Å². The molecule has 1 fully saturated rings. The van der Waals surface area contributed by atoms with E-state index in [1.54, 1.807) is 19.1 Å². The van der Waals surface area contributed by atoms with Crippen molar-refractivity contribution in [1.82, 2.24) is 4.98 Å². The second-order valence-corrected chi connectivity index (χ2v) is 5.06. The van der Waals surface area contributed by atoms with Gasteiger partial charge < -0.3 is 18.9 Å². The number of alkyl halides is 2. The molecule has 23 heavy (non-hydrogen) atoms. The SMILES string of the molecule is COCCOC(F)(F)C#Cc1ccc(OC2CC(OC)C2)cn1. The number of ether oxygens (including phenoxy) is 4. The van der Waals surface area contributed by atoms with Gasteiger partial charge in [-0.25, -0.2) is 4.98 Å². The Bertz CT molecular complexity index is 547. The zero-order valence-electron chi connectivity index (χ0n) is 13.1. The molecule has 0 aliphatic heterocycles. The molecule has 0 bridgehead atoms. The maximum absolute atomic E-state index is 13.3. The van der Waals surface area contributed by atoms with Crippen LogP contribution in [0.15, 0.2) is 18.3 Å². The van der Waals surface area contributed by atoms with Crippen molar-refractivity contribution in [1.29, 1.82) is 0 Å². The van der Waals surface area contributed by atoms with Gasteiger partial charge in [0, 0.05) is 33.0 Å². The maximum atomic E-state index is 13.3. The van der Waals surface area contributed by atoms with Crippen molar-refractivity contribution in [2.24, 2.45) is 0 Å². The first kappa shape index (κ1) is 17.6. The molecule has 2 rings (SSSR count). The summed E-state index contributed by atoms with van der Waals surface area (Å²) in [6.07, 6.45) is -0.0351. The van der Waals surface area contributed by atoms with Gasteiger partial charge in [0.25, 0.3) is 0 Å². The molecular weight excluding hydrogens is 308 g/mol. The summed E-state index contributed by atoms with van der Waals surface area (Å²) in [5.74, 6) is 4.61. The molecule has 0 spiro atoms. The minimum Gasteiger partial charge on any atom is -0.489 e. The van der Waals surface area contributed by atoms with Crippen LogP contribution in [0.3, 0.4) is 0 Å². The third-order valence-corrected chi connectivity index (χ3v) is 3.33. The summed E-state index contributed by atoms with van der Waals surface area (Å²) in [6.45, 7) is -0.158. The number of aromatic nitrogens is 1. The van der Waals surface area contributed by atoms with Crippen LogP contribution in [0.5, 0.6) is 5.75 Å². The highest BCUT2D eigenvalue weighted by atomic mass is 19.3. The molecule has 1 aliphatic carbocycles. The van der Waals surface area contributed by atoms with Gasteiger partial charge in [0.05, 0.1) is 25.5 Å². The van der Waals surface area contributed by atoms with Gasteiger partial charge in [0.2, 0.25) is 0 Å². The maximum Gasteiger partial charge on any atom is 0.423 e. The largest absolute Gasteiger partial charge is 0.489 e. The molecule has 0 radical (unpaired) electrons. The van der Waals surface area contributed by atoms with E-state index in [2.05, 4.69) is 20.4 Å². The summed E-state index contributed by atoms with van der Waals surface area (Å²) in [5.41, 5.74) is 0.218. The predicted molar refractivity (Wildman–Crippen MR) is 78.3 cm³/mol. The Kier molecular flexibility index (Phi) is 6.28. The number of halogens is 2. The molecule has 0 aromatic carbocycles. The lowest BCUT2D eigenvalue weighted by Crippen LogP contribution is -2.38. The molecule has 1 aromatic heterocycles. The number of nitrogens with zero attached hydrogens (tertiary/aromatic N) is 1. The van der Waals surface area contributed by atoms with E-state index in [1.807, 2.05) is 0 Å². The second kappa shape index (κ2) is 8.20. The van der Waals surface area contributed by atoms with Crippen LogP contribution in [0.1, 0.15) is 18.5 Å². The Morgan fingerprint density at radius 2 is 2.00 bits per heavy atom. The topological polar surface area (TPSA) is 49.8 Å². The molecule has 0 saturated heterocycles. The van der Waals surface area contributed by atoms with E-state index in [4.69, 9.17) is 9.47 Å². The van der Waals surface area contributed by atoms with E-state index in [-0.39, 0.29) is 31.1 Å². The molecular formula is C16H19F2NO4. The van der Waals surface area contributed by atoms with E-state index in [1.165, 1.54) is 19.4 Å². The van der Waals surface area contributed by atoms with E-state index in [0.717, 1.165) is 12.8 Å². The van der Waals surface area contributed by atoms with Crippen molar-refractivity contribution in [3.8, 4) is 17.6 Å². The summed E-state index contributed by atoms with van der Waals surface area (Å²) in [4.78, 5) is 3.99. The van der Waals surface area contributed by atoms with Gasteiger partial charge in [-0.1, -0.05) is 0 Å². The second-order valence-electron chi connectivity index (χ2n) is 5.06.